The molecule has 0 radical (unpaired) electrons. The van der Waals surface area contributed by atoms with Crippen LogP contribution in [0.5, 0.6) is 0 Å². The normalized spacial score (nSPS) is 11.7. The molecule has 0 bridgehead atoms. The van der Waals surface area contributed by atoms with Crippen LogP contribution in [0.4, 0.5) is 0 Å². The first-order chi connectivity index (χ1) is 9.42. The van der Waals surface area contributed by atoms with Crippen LogP contribution in [-0.4, -0.2) is 38.4 Å². The minimum Gasteiger partial charge on any atom is -0.356 e. The van der Waals surface area contributed by atoms with E-state index in [0.717, 1.165) is 0 Å². The van der Waals surface area contributed by atoms with Gasteiger partial charge in [0.25, 0.3) is 0 Å². The lowest BCUT2D eigenvalue weighted by Gasteiger charge is -2.08. The summed E-state index contributed by atoms with van der Waals surface area (Å²) in [5.41, 5.74) is 5.55. The van der Waals surface area contributed by atoms with E-state index in [2.05, 4.69) is 15.0 Å². The Morgan fingerprint density at radius 3 is 2.59 bits per heavy atom. The zero-order valence-corrected chi connectivity index (χ0v) is 14.6. The van der Waals surface area contributed by atoms with Gasteiger partial charge in [0, 0.05) is 37.9 Å². The van der Waals surface area contributed by atoms with Crippen molar-refractivity contribution in [3.05, 3.63) is 24.5 Å². The van der Waals surface area contributed by atoms with Crippen molar-refractivity contribution in [3.63, 3.8) is 0 Å². The molecule has 0 aliphatic heterocycles. The number of nitrogens with one attached hydrogen (secondary N) is 2. The summed E-state index contributed by atoms with van der Waals surface area (Å²) in [4.78, 5) is 15.3. The number of hydrogen-bond donors (Lipinski definition) is 3. The molecule has 0 spiro atoms. The van der Waals surface area contributed by atoms with Gasteiger partial charge in [-0.15, -0.1) is 24.8 Å². The number of amides is 1. The van der Waals surface area contributed by atoms with E-state index in [9.17, 15) is 13.2 Å². The highest BCUT2D eigenvalue weighted by atomic mass is 35.5. The summed E-state index contributed by atoms with van der Waals surface area (Å²) in [6.07, 6.45) is 3.52. The van der Waals surface area contributed by atoms with Crippen LogP contribution in [-0.2, 0) is 14.8 Å². The summed E-state index contributed by atoms with van der Waals surface area (Å²) >= 11 is 0. The second-order valence-electron chi connectivity index (χ2n) is 4.45. The van der Waals surface area contributed by atoms with Gasteiger partial charge in [0.15, 0.2) is 0 Å². The zero-order chi connectivity index (χ0) is 15.0. The Balaban J connectivity index is 0. The highest BCUT2D eigenvalue weighted by Crippen LogP contribution is 2.04. The van der Waals surface area contributed by atoms with Crippen molar-refractivity contribution >= 4 is 40.7 Å². The molecule has 1 aromatic rings. The predicted molar refractivity (Wildman–Crippen MR) is 89.8 cm³/mol. The van der Waals surface area contributed by atoms with Crippen LogP contribution >= 0.6 is 24.8 Å². The van der Waals surface area contributed by atoms with Crippen LogP contribution < -0.4 is 15.8 Å². The number of nitrogens with two attached hydrogens (primary N) is 1. The second-order valence-corrected chi connectivity index (χ2v) is 6.22. The van der Waals surface area contributed by atoms with Crippen LogP contribution in [0.3, 0.4) is 0 Å². The monoisotopic (exact) mass is 372 g/mol. The quantitative estimate of drug-likeness (QED) is 0.612. The van der Waals surface area contributed by atoms with Crippen LogP contribution in [0.25, 0.3) is 0 Å². The average Bonchev–Trinajstić information content (AvgIpc) is 2.39. The second kappa shape index (κ2) is 11.6. The summed E-state index contributed by atoms with van der Waals surface area (Å²) in [5, 5.41) is 2.67. The molecule has 0 saturated carbocycles. The fourth-order valence-electron chi connectivity index (χ4n) is 1.42. The lowest BCUT2D eigenvalue weighted by atomic mass is 10.2. The highest BCUT2D eigenvalue weighted by Gasteiger charge is 2.13. The topological polar surface area (TPSA) is 114 Å². The van der Waals surface area contributed by atoms with Crippen LogP contribution in [0.15, 0.2) is 29.4 Å². The summed E-state index contributed by atoms with van der Waals surface area (Å²) in [6.45, 7) is 2.39. The van der Waals surface area contributed by atoms with Gasteiger partial charge in [0.2, 0.25) is 15.9 Å². The number of pyridine rings is 1. The maximum atomic E-state index is 11.8. The van der Waals surface area contributed by atoms with Gasteiger partial charge in [0.1, 0.15) is 4.90 Å². The Kier molecular flexibility index (Phi) is 12.3. The molecule has 22 heavy (non-hydrogen) atoms. The predicted octanol–water partition coefficient (Wildman–Crippen LogP) is 0.447. The molecular formula is C12H22Cl2N4O3S. The Morgan fingerprint density at radius 1 is 1.36 bits per heavy atom. The van der Waals surface area contributed by atoms with Crippen molar-refractivity contribution in [2.75, 3.05) is 13.1 Å². The van der Waals surface area contributed by atoms with Crippen LogP contribution in [0, 0.1) is 0 Å². The number of aromatic nitrogens is 1. The Hall–Kier alpha value is -0.930. The van der Waals surface area contributed by atoms with Gasteiger partial charge in [-0.2, -0.15) is 0 Å². The summed E-state index contributed by atoms with van der Waals surface area (Å²) in [6, 6.07) is 3.01. The molecule has 0 aliphatic carbocycles. The first-order valence-corrected chi connectivity index (χ1v) is 7.82. The number of nitrogens with zero attached hydrogens (tertiary/aromatic N) is 1. The van der Waals surface area contributed by atoms with E-state index in [4.69, 9.17) is 5.73 Å². The van der Waals surface area contributed by atoms with Gasteiger partial charge < -0.3 is 11.1 Å². The smallest absolute Gasteiger partial charge is 0.242 e. The van der Waals surface area contributed by atoms with E-state index in [1.54, 1.807) is 0 Å². The molecule has 1 aromatic heterocycles. The first-order valence-electron chi connectivity index (χ1n) is 6.34. The number of sulfonamides is 1. The molecule has 1 atom stereocenters. The molecule has 0 fully saturated rings. The van der Waals surface area contributed by atoms with Crippen LogP contribution in [0.2, 0.25) is 0 Å². The van der Waals surface area contributed by atoms with E-state index in [1.165, 1.54) is 24.5 Å². The van der Waals surface area contributed by atoms with Crippen molar-refractivity contribution in [1.29, 1.82) is 0 Å². The van der Waals surface area contributed by atoms with Gasteiger partial charge in [-0.3, -0.25) is 9.78 Å². The third-order valence-corrected chi connectivity index (χ3v) is 3.96. The summed E-state index contributed by atoms with van der Waals surface area (Å²) in [5.74, 6) is -0.209. The molecule has 128 valence electrons. The number of rotatable bonds is 8. The van der Waals surface area contributed by atoms with E-state index >= 15 is 0 Å². The number of carbonyl (C=O) groups is 1. The molecular weight excluding hydrogens is 351 g/mol. The van der Waals surface area contributed by atoms with Crippen molar-refractivity contribution in [2.24, 2.45) is 5.73 Å². The molecule has 10 heteroatoms. The van der Waals surface area contributed by atoms with Crippen molar-refractivity contribution < 1.29 is 13.2 Å². The summed E-state index contributed by atoms with van der Waals surface area (Å²) in [7, 11) is -3.60. The van der Waals surface area contributed by atoms with E-state index < -0.39 is 10.0 Å². The maximum absolute atomic E-state index is 11.8. The lowest BCUT2D eigenvalue weighted by molar-refractivity contribution is -0.120. The molecule has 1 amide bonds. The molecule has 4 N–H and O–H groups in total. The first kappa shape index (κ1) is 23.3. The van der Waals surface area contributed by atoms with Gasteiger partial charge in [-0.1, -0.05) is 0 Å². The highest BCUT2D eigenvalue weighted by molar-refractivity contribution is 7.89. The molecule has 7 nitrogen and oxygen atoms in total. The minimum absolute atomic E-state index is 0. The summed E-state index contributed by atoms with van der Waals surface area (Å²) < 4.78 is 26.0. The fourth-order valence-corrected chi connectivity index (χ4v) is 2.41. The van der Waals surface area contributed by atoms with Gasteiger partial charge in [0.05, 0.1) is 0 Å². The van der Waals surface area contributed by atoms with Gasteiger partial charge >= 0.3 is 0 Å². The van der Waals surface area contributed by atoms with E-state index in [1.807, 2.05) is 6.92 Å². The third-order valence-electron chi connectivity index (χ3n) is 2.51. The number of carbonyl (C=O) groups excluding carboxylic acids is 1. The van der Waals surface area contributed by atoms with Gasteiger partial charge in [-0.05, 0) is 25.5 Å². The van der Waals surface area contributed by atoms with Crippen molar-refractivity contribution in [1.82, 2.24) is 15.0 Å². The van der Waals surface area contributed by atoms with Crippen molar-refractivity contribution in [2.45, 2.75) is 30.7 Å². The SMILES string of the molecule is CC(N)CCNC(=O)CCNS(=O)(=O)c1cccnc1.Cl.Cl. The van der Waals surface area contributed by atoms with E-state index in [0.29, 0.717) is 13.0 Å². The minimum atomic E-state index is -3.60. The van der Waals surface area contributed by atoms with Gasteiger partial charge in [-0.25, -0.2) is 13.1 Å². The standard InChI is InChI=1S/C12H20N4O3S.2ClH/c1-10(13)4-7-15-12(17)5-8-16-20(18,19)11-3-2-6-14-9-11;;/h2-3,6,9-10,16H,4-5,7-8,13H2,1H3,(H,15,17);2*1H. The third kappa shape index (κ3) is 9.16. The molecule has 1 heterocycles. The number of halogens is 2. The Bertz CT molecular complexity index is 526. The molecule has 1 rings (SSSR count). The zero-order valence-electron chi connectivity index (χ0n) is 12.2. The molecule has 0 aliphatic rings. The lowest BCUT2D eigenvalue weighted by Crippen LogP contribution is -2.32. The average molecular weight is 373 g/mol. The van der Waals surface area contributed by atoms with Crippen molar-refractivity contribution in [3.8, 4) is 0 Å². The molecule has 1 unspecified atom stereocenters. The molecule has 0 saturated heterocycles. The molecule has 0 aromatic carbocycles. The van der Waals surface area contributed by atoms with E-state index in [-0.39, 0.29) is 54.6 Å². The van der Waals surface area contributed by atoms with Crippen LogP contribution in [0.1, 0.15) is 19.8 Å². The number of hydrogen-bond acceptors (Lipinski definition) is 5. The largest absolute Gasteiger partial charge is 0.356 e. The Morgan fingerprint density at radius 2 is 2.05 bits per heavy atom. The maximum Gasteiger partial charge on any atom is 0.242 e. The fraction of sp³-hybridized carbons (Fsp3) is 0.500. The Labute approximate surface area is 143 Å².